The van der Waals surface area contributed by atoms with E-state index in [0.717, 1.165) is 11.4 Å². The first-order valence-corrected chi connectivity index (χ1v) is 10.1. The topological polar surface area (TPSA) is 101 Å². The molecule has 3 rings (SSSR count). The highest BCUT2D eigenvalue weighted by Crippen LogP contribution is 2.22. The molecule has 7 nitrogen and oxygen atoms in total. The number of sulfonamides is 1. The lowest BCUT2D eigenvalue weighted by molar-refractivity contribution is 0.102. The SMILES string of the molecule is CCc1nnc(NC(=O)c2ccccc2NS(=O)(=O)c2ccccc2)s1. The third-order valence-corrected chi connectivity index (χ3v) is 5.82. The number of amides is 1. The third-order valence-electron chi connectivity index (χ3n) is 3.46. The van der Waals surface area contributed by atoms with Crippen molar-refractivity contribution in [3.05, 3.63) is 65.2 Å². The van der Waals surface area contributed by atoms with Crippen LogP contribution in [0.15, 0.2) is 59.5 Å². The summed E-state index contributed by atoms with van der Waals surface area (Å²) < 4.78 is 27.5. The maximum absolute atomic E-state index is 12.5. The van der Waals surface area contributed by atoms with Gasteiger partial charge in [-0.15, -0.1) is 10.2 Å². The van der Waals surface area contributed by atoms with Gasteiger partial charge in [-0.3, -0.25) is 14.8 Å². The van der Waals surface area contributed by atoms with Crippen molar-refractivity contribution in [3.63, 3.8) is 0 Å². The number of hydrogen-bond acceptors (Lipinski definition) is 6. The lowest BCUT2D eigenvalue weighted by atomic mass is 10.2. The number of para-hydroxylation sites is 1. The fourth-order valence-electron chi connectivity index (χ4n) is 2.18. The molecule has 1 amide bonds. The number of nitrogens with one attached hydrogen (secondary N) is 2. The number of carbonyl (C=O) groups excluding carboxylic acids is 1. The van der Waals surface area contributed by atoms with Gasteiger partial charge in [-0.05, 0) is 30.7 Å². The molecule has 0 radical (unpaired) electrons. The lowest BCUT2D eigenvalue weighted by Crippen LogP contribution is -2.18. The van der Waals surface area contributed by atoms with Gasteiger partial charge in [0.25, 0.3) is 15.9 Å². The summed E-state index contributed by atoms with van der Waals surface area (Å²) in [5.74, 6) is -0.463. The molecule has 1 heterocycles. The zero-order valence-corrected chi connectivity index (χ0v) is 15.5. The van der Waals surface area contributed by atoms with Gasteiger partial charge in [0.2, 0.25) is 5.13 Å². The van der Waals surface area contributed by atoms with Gasteiger partial charge >= 0.3 is 0 Å². The maximum Gasteiger partial charge on any atom is 0.261 e. The van der Waals surface area contributed by atoms with Crippen molar-refractivity contribution in [2.75, 3.05) is 10.0 Å². The minimum atomic E-state index is -3.80. The molecule has 0 atom stereocenters. The van der Waals surface area contributed by atoms with Crippen LogP contribution in [-0.2, 0) is 16.4 Å². The Bertz CT molecular complexity index is 1020. The highest BCUT2D eigenvalue weighted by Gasteiger charge is 2.19. The Kier molecular flexibility index (Phi) is 5.29. The molecule has 0 aliphatic rings. The largest absolute Gasteiger partial charge is 0.296 e. The van der Waals surface area contributed by atoms with E-state index in [0.29, 0.717) is 5.13 Å². The smallest absolute Gasteiger partial charge is 0.261 e. The average molecular weight is 388 g/mol. The maximum atomic E-state index is 12.5. The molecule has 1 aromatic heterocycles. The molecular formula is C17H16N4O3S2. The molecule has 26 heavy (non-hydrogen) atoms. The number of aryl methyl sites for hydroxylation is 1. The molecular weight excluding hydrogens is 372 g/mol. The van der Waals surface area contributed by atoms with Crippen LogP contribution < -0.4 is 10.0 Å². The predicted molar refractivity (Wildman–Crippen MR) is 101 cm³/mol. The fourth-order valence-corrected chi connectivity index (χ4v) is 3.96. The molecule has 0 spiro atoms. The third kappa shape index (κ3) is 4.06. The van der Waals surface area contributed by atoms with E-state index in [-0.39, 0.29) is 16.1 Å². The Morgan fingerprint density at radius 2 is 1.73 bits per heavy atom. The molecule has 0 unspecified atom stereocenters. The lowest BCUT2D eigenvalue weighted by Gasteiger charge is -2.12. The molecule has 2 aromatic carbocycles. The van der Waals surface area contributed by atoms with E-state index >= 15 is 0 Å². The van der Waals surface area contributed by atoms with E-state index in [1.807, 2.05) is 6.92 Å². The van der Waals surface area contributed by atoms with E-state index < -0.39 is 15.9 Å². The van der Waals surface area contributed by atoms with Gasteiger partial charge in [0, 0.05) is 0 Å². The Morgan fingerprint density at radius 1 is 1.04 bits per heavy atom. The Hall–Kier alpha value is -2.78. The van der Waals surface area contributed by atoms with Crippen LogP contribution in [0.4, 0.5) is 10.8 Å². The number of aromatic nitrogens is 2. The van der Waals surface area contributed by atoms with Crippen LogP contribution in [0.25, 0.3) is 0 Å². The first-order chi connectivity index (χ1) is 12.5. The van der Waals surface area contributed by atoms with Gasteiger partial charge in [0.1, 0.15) is 5.01 Å². The monoisotopic (exact) mass is 388 g/mol. The van der Waals surface area contributed by atoms with Gasteiger partial charge in [0.05, 0.1) is 16.1 Å². The first kappa shape index (κ1) is 18.0. The highest BCUT2D eigenvalue weighted by atomic mass is 32.2. The summed E-state index contributed by atoms with van der Waals surface area (Å²) in [5.41, 5.74) is 0.384. The number of anilines is 2. The molecule has 134 valence electrons. The van der Waals surface area contributed by atoms with E-state index in [4.69, 9.17) is 0 Å². The second kappa shape index (κ2) is 7.63. The van der Waals surface area contributed by atoms with Crippen LogP contribution >= 0.6 is 11.3 Å². The Labute approximate surface area is 155 Å². The normalized spacial score (nSPS) is 11.1. The standard InChI is InChI=1S/C17H16N4O3S2/c1-2-15-19-20-17(25-15)18-16(22)13-10-6-7-11-14(13)21-26(23,24)12-8-4-3-5-9-12/h3-11,21H,2H2,1H3,(H,18,20,22). The molecule has 0 aliphatic carbocycles. The quantitative estimate of drug-likeness (QED) is 0.675. The summed E-state index contributed by atoms with van der Waals surface area (Å²) in [7, 11) is -3.80. The van der Waals surface area contributed by atoms with Crippen LogP contribution in [0, 0.1) is 0 Å². The van der Waals surface area contributed by atoms with Crippen molar-refractivity contribution < 1.29 is 13.2 Å². The van der Waals surface area contributed by atoms with Crippen LogP contribution in [0.1, 0.15) is 22.3 Å². The summed E-state index contributed by atoms with van der Waals surface area (Å²) in [6, 6.07) is 14.4. The minimum Gasteiger partial charge on any atom is -0.296 e. The number of hydrogen-bond donors (Lipinski definition) is 2. The summed E-state index contributed by atoms with van der Waals surface area (Å²) in [6.07, 6.45) is 0.723. The average Bonchev–Trinajstić information content (AvgIpc) is 3.10. The second-order valence-corrected chi connectivity index (χ2v) is 8.02. The van der Waals surface area contributed by atoms with Crippen LogP contribution in [0.2, 0.25) is 0 Å². The minimum absolute atomic E-state index is 0.118. The number of rotatable bonds is 6. The molecule has 0 saturated carbocycles. The van der Waals surface area contributed by atoms with Crippen LogP contribution in [0.3, 0.4) is 0 Å². The van der Waals surface area contributed by atoms with Crippen LogP contribution in [-0.4, -0.2) is 24.5 Å². The fraction of sp³-hybridized carbons (Fsp3) is 0.118. The number of carbonyl (C=O) groups is 1. The second-order valence-electron chi connectivity index (χ2n) is 5.27. The zero-order valence-electron chi connectivity index (χ0n) is 13.8. The van der Waals surface area contributed by atoms with Crippen molar-refractivity contribution in [2.24, 2.45) is 0 Å². The van der Waals surface area contributed by atoms with E-state index in [2.05, 4.69) is 20.2 Å². The van der Waals surface area contributed by atoms with Gasteiger partial charge < -0.3 is 0 Å². The molecule has 0 bridgehead atoms. The summed E-state index contributed by atoms with van der Waals surface area (Å²) >= 11 is 1.28. The van der Waals surface area contributed by atoms with Crippen molar-refractivity contribution in [1.82, 2.24) is 10.2 Å². The summed E-state index contributed by atoms with van der Waals surface area (Å²) in [6.45, 7) is 1.94. The van der Waals surface area contributed by atoms with Gasteiger partial charge in [-0.1, -0.05) is 48.6 Å². The molecule has 2 N–H and O–H groups in total. The summed E-state index contributed by atoms with van der Waals surface area (Å²) in [4.78, 5) is 12.7. The highest BCUT2D eigenvalue weighted by molar-refractivity contribution is 7.92. The van der Waals surface area contributed by atoms with Gasteiger partial charge in [-0.25, -0.2) is 8.42 Å². The van der Waals surface area contributed by atoms with E-state index in [9.17, 15) is 13.2 Å². The van der Waals surface area contributed by atoms with Crippen molar-refractivity contribution >= 4 is 38.1 Å². The number of benzene rings is 2. The Balaban J connectivity index is 1.85. The zero-order chi connectivity index (χ0) is 18.6. The molecule has 0 fully saturated rings. The van der Waals surface area contributed by atoms with Crippen molar-refractivity contribution in [1.29, 1.82) is 0 Å². The molecule has 9 heteroatoms. The molecule has 3 aromatic rings. The van der Waals surface area contributed by atoms with Gasteiger partial charge in [0.15, 0.2) is 0 Å². The molecule has 0 aliphatic heterocycles. The van der Waals surface area contributed by atoms with Crippen molar-refractivity contribution in [3.8, 4) is 0 Å². The first-order valence-electron chi connectivity index (χ1n) is 7.80. The number of nitrogens with zero attached hydrogens (tertiary/aromatic N) is 2. The Morgan fingerprint density at radius 3 is 2.42 bits per heavy atom. The van der Waals surface area contributed by atoms with E-state index in [1.54, 1.807) is 36.4 Å². The van der Waals surface area contributed by atoms with Crippen molar-refractivity contribution in [2.45, 2.75) is 18.2 Å². The molecule has 0 saturated heterocycles. The van der Waals surface area contributed by atoms with Crippen LogP contribution in [0.5, 0.6) is 0 Å². The predicted octanol–water partition coefficient (Wildman–Crippen LogP) is 3.15. The summed E-state index contributed by atoms with van der Waals surface area (Å²) in [5, 5.41) is 11.7. The van der Waals surface area contributed by atoms with Gasteiger partial charge in [-0.2, -0.15) is 0 Å². The van der Waals surface area contributed by atoms with E-state index in [1.165, 1.54) is 29.5 Å².